The van der Waals surface area contributed by atoms with Gasteiger partial charge in [0.15, 0.2) is 0 Å². The predicted octanol–water partition coefficient (Wildman–Crippen LogP) is 2.37. The summed E-state index contributed by atoms with van der Waals surface area (Å²) in [6.45, 7) is 2.97. The molecule has 0 aliphatic carbocycles. The van der Waals surface area contributed by atoms with Gasteiger partial charge < -0.3 is 30.9 Å². The fraction of sp³-hybridized carbons (Fsp3) is 0.870. The molecule has 2 amide bonds. The summed E-state index contributed by atoms with van der Waals surface area (Å²) in [4.78, 5) is 33.7. The van der Waals surface area contributed by atoms with Gasteiger partial charge in [0, 0.05) is 25.9 Å². The quantitative estimate of drug-likeness (QED) is 0.162. The molecule has 9 nitrogen and oxygen atoms in total. The van der Waals surface area contributed by atoms with Crippen molar-refractivity contribution in [3.8, 4) is 0 Å². The molecule has 0 aromatic carbocycles. The first-order chi connectivity index (χ1) is 15.6. The van der Waals surface area contributed by atoms with E-state index in [1.807, 2.05) is 0 Å². The largest absolute Gasteiger partial charge is 0.481 e. The molecule has 0 aromatic rings. The number of carboxylic acid groups (broad SMARTS) is 1. The Morgan fingerprint density at radius 3 is 1.88 bits per heavy atom. The highest BCUT2D eigenvalue weighted by atomic mass is 16.5. The number of unbranched alkanes of at least 4 members (excludes halogenated alkanes) is 9. The first-order valence-electron chi connectivity index (χ1n) is 12.2. The van der Waals surface area contributed by atoms with Gasteiger partial charge in [-0.2, -0.15) is 0 Å². The van der Waals surface area contributed by atoms with E-state index in [2.05, 4.69) is 10.6 Å². The highest BCUT2D eigenvalue weighted by Crippen LogP contribution is 2.09. The van der Waals surface area contributed by atoms with Gasteiger partial charge in [-0.05, 0) is 32.2 Å². The summed E-state index contributed by atoms with van der Waals surface area (Å²) in [5.41, 5.74) is 5.41. The number of nitrogens with one attached hydrogen (secondary N) is 2. The summed E-state index contributed by atoms with van der Waals surface area (Å²) >= 11 is 0. The molecule has 0 atom stereocenters. The number of carbonyl (C=O) groups is 3. The highest BCUT2D eigenvalue weighted by Gasteiger charge is 2.02. The van der Waals surface area contributed by atoms with E-state index >= 15 is 0 Å². The third-order valence-corrected chi connectivity index (χ3v) is 4.92. The summed E-state index contributed by atoms with van der Waals surface area (Å²) in [7, 11) is 0. The Morgan fingerprint density at radius 1 is 0.625 bits per heavy atom. The number of nitrogens with two attached hydrogens (primary N) is 1. The van der Waals surface area contributed by atoms with Crippen LogP contribution < -0.4 is 16.4 Å². The Hall–Kier alpha value is -1.71. The van der Waals surface area contributed by atoms with Crippen LogP contribution in [-0.2, 0) is 23.9 Å². The molecule has 0 spiro atoms. The molecular formula is C23H45N3O6. The molecule has 0 aliphatic heterocycles. The van der Waals surface area contributed by atoms with Gasteiger partial charge in [0.1, 0.15) is 6.61 Å². The number of amides is 2. The second kappa shape index (κ2) is 23.9. The van der Waals surface area contributed by atoms with Crippen LogP contribution in [0.15, 0.2) is 0 Å². The number of aliphatic carboxylic acids is 1. The van der Waals surface area contributed by atoms with Crippen LogP contribution in [0.25, 0.3) is 0 Å². The fourth-order valence-electron chi connectivity index (χ4n) is 3.08. The van der Waals surface area contributed by atoms with Crippen molar-refractivity contribution in [2.45, 2.75) is 83.5 Å². The molecule has 0 rings (SSSR count). The zero-order valence-corrected chi connectivity index (χ0v) is 19.7. The molecule has 0 radical (unpaired) electrons. The number of hydrogen-bond donors (Lipinski definition) is 4. The molecule has 32 heavy (non-hydrogen) atoms. The predicted molar refractivity (Wildman–Crippen MR) is 124 cm³/mol. The van der Waals surface area contributed by atoms with Crippen LogP contribution in [0, 0.1) is 0 Å². The maximum absolute atomic E-state index is 11.7. The van der Waals surface area contributed by atoms with E-state index in [-0.39, 0.29) is 24.8 Å². The maximum Gasteiger partial charge on any atom is 0.303 e. The number of hydrogen-bond acceptors (Lipinski definition) is 6. The van der Waals surface area contributed by atoms with Crippen molar-refractivity contribution in [3.63, 3.8) is 0 Å². The van der Waals surface area contributed by atoms with Gasteiger partial charge >= 0.3 is 5.97 Å². The zero-order chi connectivity index (χ0) is 23.7. The summed E-state index contributed by atoms with van der Waals surface area (Å²) in [5, 5.41) is 14.2. The molecule has 9 heteroatoms. The Bertz CT molecular complexity index is 477. The lowest BCUT2D eigenvalue weighted by Gasteiger charge is -2.08. The van der Waals surface area contributed by atoms with Gasteiger partial charge in [-0.1, -0.05) is 44.9 Å². The van der Waals surface area contributed by atoms with E-state index in [9.17, 15) is 14.4 Å². The maximum atomic E-state index is 11.7. The molecule has 0 saturated carbocycles. The molecule has 0 aromatic heterocycles. The average molecular weight is 460 g/mol. The number of carboxylic acids is 1. The SMILES string of the molecule is NCCCCCC(=O)NCCOCCOCC(=O)NCCCCCCCCCCC(=O)O. The summed E-state index contributed by atoms with van der Waals surface area (Å²) in [6.07, 6.45) is 11.9. The minimum atomic E-state index is -0.714. The van der Waals surface area contributed by atoms with Crippen molar-refractivity contribution >= 4 is 17.8 Å². The van der Waals surface area contributed by atoms with E-state index in [1.54, 1.807) is 0 Å². The van der Waals surface area contributed by atoms with Gasteiger partial charge in [-0.15, -0.1) is 0 Å². The van der Waals surface area contributed by atoms with Crippen LogP contribution in [0.1, 0.15) is 83.5 Å². The lowest BCUT2D eigenvalue weighted by atomic mass is 10.1. The standard InChI is InChI=1S/C23H45N3O6/c24-14-10-7-8-12-21(27)26-16-17-31-18-19-32-20-22(28)25-15-11-6-4-2-1-3-5-9-13-23(29)30/h1-20,24H2,(H,25,28)(H,26,27)(H,29,30). The summed E-state index contributed by atoms with van der Waals surface area (Å²) in [5.74, 6) is -0.801. The molecule has 0 saturated heterocycles. The lowest BCUT2D eigenvalue weighted by Crippen LogP contribution is -2.29. The van der Waals surface area contributed by atoms with E-state index in [0.29, 0.717) is 45.9 Å². The van der Waals surface area contributed by atoms with Crippen LogP contribution in [0.3, 0.4) is 0 Å². The van der Waals surface area contributed by atoms with Gasteiger partial charge in [0.2, 0.25) is 11.8 Å². The van der Waals surface area contributed by atoms with Crippen molar-refractivity contribution in [3.05, 3.63) is 0 Å². The summed E-state index contributed by atoms with van der Waals surface area (Å²) in [6, 6.07) is 0. The third-order valence-electron chi connectivity index (χ3n) is 4.92. The van der Waals surface area contributed by atoms with Crippen LogP contribution in [0.5, 0.6) is 0 Å². The second-order valence-electron chi connectivity index (χ2n) is 7.94. The van der Waals surface area contributed by atoms with E-state index in [1.165, 1.54) is 0 Å². The first-order valence-corrected chi connectivity index (χ1v) is 12.2. The Morgan fingerprint density at radius 2 is 1.19 bits per heavy atom. The van der Waals surface area contributed by atoms with Gasteiger partial charge in [-0.25, -0.2) is 0 Å². The number of carbonyl (C=O) groups excluding carboxylic acids is 2. The van der Waals surface area contributed by atoms with Crippen LogP contribution in [0.4, 0.5) is 0 Å². The molecule has 0 aliphatic rings. The minimum absolute atomic E-state index is 0.0270. The second-order valence-corrected chi connectivity index (χ2v) is 7.94. The molecule has 0 heterocycles. The van der Waals surface area contributed by atoms with Crippen molar-refractivity contribution in [1.82, 2.24) is 10.6 Å². The van der Waals surface area contributed by atoms with Crippen molar-refractivity contribution in [2.24, 2.45) is 5.73 Å². The number of rotatable bonds is 24. The van der Waals surface area contributed by atoms with Gasteiger partial charge in [0.25, 0.3) is 0 Å². The Kier molecular flexibility index (Phi) is 22.7. The van der Waals surface area contributed by atoms with E-state index in [0.717, 1.165) is 70.6 Å². The molecule has 0 unspecified atom stereocenters. The smallest absolute Gasteiger partial charge is 0.303 e. The summed E-state index contributed by atoms with van der Waals surface area (Å²) < 4.78 is 10.7. The normalized spacial score (nSPS) is 10.8. The van der Waals surface area contributed by atoms with Crippen molar-refractivity contribution in [2.75, 3.05) is 46.1 Å². The Labute approximate surface area is 193 Å². The van der Waals surface area contributed by atoms with E-state index < -0.39 is 5.97 Å². The monoisotopic (exact) mass is 459 g/mol. The highest BCUT2D eigenvalue weighted by molar-refractivity contribution is 5.77. The molecule has 0 bridgehead atoms. The first kappa shape index (κ1) is 30.3. The van der Waals surface area contributed by atoms with Gasteiger partial charge in [-0.3, -0.25) is 14.4 Å². The van der Waals surface area contributed by atoms with E-state index in [4.69, 9.17) is 20.3 Å². The van der Waals surface area contributed by atoms with Crippen LogP contribution in [-0.4, -0.2) is 69.0 Å². The minimum Gasteiger partial charge on any atom is -0.481 e. The molecule has 5 N–H and O–H groups in total. The molecule has 188 valence electrons. The third kappa shape index (κ3) is 24.6. The van der Waals surface area contributed by atoms with Crippen molar-refractivity contribution in [1.29, 1.82) is 0 Å². The topological polar surface area (TPSA) is 140 Å². The molecular weight excluding hydrogens is 414 g/mol. The fourth-order valence-corrected chi connectivity index (χ4v) is 3.08. The average Bonchev–Trinajstić information content (AvgIpc) is 2.76. The van der Waals surface area contributed by atoms with Crippen LogP contribution >= 0.6 is 0 Å². The zero-order valence-electron chi connectivity index (χ0n) is 19.7. The van der Waals surface area contributed by atoms with Crippen LogP contribution in [0.2, 0.25) is 0 Å². The van der Waals surface area contributed by atoms with Crippen molar-refractivity contribution < 1.29 is 29.0 Å². The Balaban J connectivity index is 3.25. The lowest BCUT2D eigenvalue weighted by molar-refractivity contribution is -0.137. The molecule has 0 fully saturated rings. The van der Waals surface area contributed by atoms with Gasteiger partial charge in [0.05, 0.1) is 19.8 Å². The number of ether oxygens (including phenoxy) is 2.